The quantitative estimate of drug-likeness (QED) is 0.597. The molecule has 0 unspecified atom stereocenters. The van der Waals surface area contributed by atoms with Crippen LogP contribution >= 0.6 is 47.0 Å². The number of rotatable bonds is 2. The van der Waals surface area contributed by atoms with Crippen molar-refractivity contribution in [2.45, 2.75) is 18.7 Å². The fourth-order valence-corrected chi connectivity index (χ4v) is 4.52. The van der Waals surface area contributed by atoms with Crippen molar-refractivity contribution in [2.75, 3.05) is 5.32 Å². The molecule has 4 rings (SSSR count). The van der Waals surface area contributed by atoms with Gasteiger partial charge in [0.2, 0.25) is 5.91 Å². The minimum atomic E-state index is -1.08. The number of nitrogens with one attached hydrogen (secondary N) is 3. The van der Waals surface area contributed by atoms with Gasteiger partial charge in [-0.1, -0.05) is 34.8 Å². The normalized spacial score (nSPS) is 25.6. The molecule has 3 atom stereocenters. The molecule has 0 aromatic heterocycles. The van der Waals surface area contributed by atoms with Crippen molar-refractivity contribution in [3.05, 3.63) is 57.0 Å². The van der Waals surface area contributed by atoms with Crippen molar-refractivity contribution in [3.63, 3.8) is 0 Å². The first-order valence-corrected chi connectivity index (χ1v) is 9.64. The van der Waals surface area contributed by atoms with Gasteiger partial charge in [0.1, 0.15) is 11.7 Å². The smallest absolute Gasteiger partial charge is 0.236 e. The first-order chi connectivity index (χ1) is 12.8. The van der Waals surface area contributed by atoms with Gasteiger partial charge in [-0.15, -0.1) is 0 Å². The Balaban J connectivity index is 1.74. The van der Waals surface area contributed by atoms with E-state index in [1.54, 1.807) is 43.3 Å². The van der Waals surface area contributed by atoms with E-state index in [4.69, 9.17) is 51.8 Å². The Hall–Kier alpha value is -1.73. The second kappa shape index (κ2) is 6.71. The van der Waals surface area contributed by atoms with Crippen LogP contribution in [0.25, 0.3) is 0 Å². The lowest BCUT2D eigenvalue weighted by atomic mass is 9.80. The molecule has 2 aliphatic heterocycles. The Morgan fingerprint density at radius 1 is 1.19 bits per heavy atom. The first-order valence-electron chi connectivity index (χ1n) is 8.10. The fourth-order valence-electron chi connectivity index (χ4n) is 3.51. The summed E-state index contributed by atoms with van der Waals surface area (Å²) in [7, 11) is 0. The van der Waals surface area contributed by atoms with E-state index in [1.165, 1.54) is 0 Å². The van der Waals surface area contributed by atoms with Crippen molar-refractivity contribution < 1.29 is 9.53 Å². The summed E-state index contributed by atoms with van der Waals surface area (Å²) in [6.07, 6.45) is 0. The summed E-state index contributed by atoms with van der Waals surface area (Å²) in [5, 5.41) is 10.9. The van der Waals surface area contributed by atoms with Crippen molar-refractivity contribution in [2.24, 2.45) is 5.92 Å². The van der Waals surface area contributed by atoms with Crippen molar-refractivity contribution in [1.29, 1.82) is 0 Å². The van der Waals surface area contributed by atoms with Gasteiger partial charge in [-0.25, -0.2) is 0 Å². The number of fused-ring (bicyclic) bond motifs is 4. The molecule has 140 valence electrons. The van der Waals surface area contributed by atoms with Gasteiger partial charge in [-0.05, 0) is 55.5 Å². The maximum absolute atomic E-state index is 13.1. The Morgan fingerprint density at radius 2 is 1.89 bits per heavy atom. The highest BCUT2D eigenvalue weighted by Crippen LogP contribution is 2.49. The molecule has 0 spiro atoms. The largest absolute Gasteiger partial charge is 0.466 e. The third kappa shape index (κ3) is 3.31. The van der Waals surface area contributed by atoms with Crippen molar-refractivity contribution >= 4 is 63.7 Å². The van der Waals surface area contributed by atoms with E-state index in [2.05, 4.69) is 16.0 Å². The van der Waals surface area contributed by atoms with E-state index in [0.717, 1.165) is 0 Å². The molecular weight excluding hydrogens is 429 g/mol. The van der Waals surface area contributed by atoms with E-state index in [0.29, 0.717) is 37.2 Å². The first kappa shape index (κ1) is 18.6. The maximum Gasteiger partial charge on any atom is 0.236 e. The van der Waals surface area contributed by atoms with Crippen molar-refractivity contribution in [1.82, 2.24) is 10.6 Å². The predicted octanol–water partition coefficient (Wildman–Crippen LogP) is 4.53. The Morgan fingerprint density at radius 3 is 2.59 bits per heavy atom. The van der Waals surface area contributed by atoms with Crippen LogP contribution in [0.1, 0.15) is 18.5 Å². The number of anilines is 1. The summed E-state index contributed by atoms with van der Waals surface area (Å²) < 4.78 is 6.13. The fraction of sp³-hybridized carbons (Fsp3) is 0.222. The zero-order valence-electron chi connectivity index (χ0n) is 14.0. The second-order valence-corrected chi connectivity index (χ2v) is 8.25. The molecule has 1 fully saturated rings. The topological polar surface area (TPSA) is 62.4 Å². The van der Waals surface area contributed by atoms with Crippen LogP contribution in [0.2, 0.25) is 15.1 Å². The van der Waals surface area contributed by atoms with Crippen LogP contribution in [-0.2, 0) is 4.79 Å². The number of benzene rings is 2. The summed E-state index contributed by atoms with van der Waals surface area (Å²) in [5.74, 6) is -0.400. The molecule has 0 radical (unpaired) electrons. The van der Waals surface area contributed by atoms with E-state index >= 15 is 0 Å². The average Bonchev–Trinajstić information content (AvgIpc) is 2.57. The van der Waals surface area contributed by atoms with Crippen LogP contribution < -0.4 is 20.7 Å². The van der Waals surface area contributed by atoms with Gasteiger partial charge in [0.15, 0.2) is 10.8 Å². The molecule has 0 aliphatic carbocycles. The van der Waals surface area contributed by atoms with Crippen LogP contribution in [0.15, 0.2) is 36.4 Å². The summed E-state index contributed by atoms with van der Waals surface area (Å²) in [6, 6.07) is 9.76. The molecule has 9 heteroatoms. The molecule has 2 heterocycles. The van der Waals surface area contributed by atoms with Gasteiger partial charge in [0.05, 0.1) is 11.1 Å². The van der Waals surface area contributed by atoms with Gasteiger partial charge in [-0.2, -0.15) is 0 Å². The van der Waals surface area contributed by atoms with E-state index < -0.39 is 17.7 Å². The molecule has 2 aliphatic rings. The summed E-state index contributed by atoms with van der Waals surface area (Å²) in [4.78, 5) is 13.1. The van der Waals surface area contributed by atoms with Gasteiger partial charge in [0, 0.05) is 21.3 Å². The lowest BCUT2D eigenvalue weighted by molar-refractivity contribution is -0.132. The monoisotopic (exact) mass is 441 g/mol. The number of ether oxygens (including phenoxy) is 1. The highest BCUT2D eigenvalue weighted by Gasteiger charge is 2.55. The van der Waals surface area contributed by atoms with Crippen LogP contribution in [0.3, 0.4) is 0 Å². The highest BCUT2D eigenvalue weighted by atomic mass is 35.5. The molecule has 0 saturated carbocycles. The third-order valence-corrected chi connectivity index (χ3v) is 5.63. The highest BCUT2D eigenvalue weighted by molar-refractivity contribution is 7.80. The van der Waals surface area contributed by atoms with Gasteiger partial charge in [0.25, 0.3) is 0 Å². The van der Waals surface area contributed by atoms with Gasteiger partial charge in [-0.3, -0.25) is 4.79 Å². The molecule has 1 amide bonds. The number of hydrogen-bond acceptors (Lipinski definition) is 3. The van der Waals surface area contributed by atoms with Gasteiger partial charge >= 0.3 is 0 Å². The summed E-state index contributed by atoms with van der Waals surface area (Å²) in [5.41, 5.74) is 0.238. The summed E-state index contributed by atoms with van der Waals surface area (Å²) in [6.45, 7) is 1.77. The average molecular weight is 443 g/mol. The number of hydrogen-bond donors (Lipinski definition) is 3. The van der Waals surface area contributed by atoms with Gasteiger partial charge < -0.3 is 20.7 Å². The third-order valence-electron chi connectivity index (χ3n) is 4.66. The SMILES string of the molecule is C[C@@]12NC(=S)N[C@@H](c3cc(Cl)cc(Cl)c3O1)[C@@H]2C(=O)Nc1ccc(Cl)cc1. The number of carbonyl (C=O) groups excluding carboxylic acids is 1. The van der Waals surface area contributed by atoms with E-state index in [1.807, 2.05) is 0 Å². The zero-order chi connectivity index (χ0) is 19.3. The second-order valence-electron chi connectivity index (χ2n) is 6.57. The van der Waals surface area contributed by atoms with Crippen LogP contribution in [-0.4, -0.2) is 16.7 Å². The lowest BCUT2D eigenvalue weighted by Crippen LogP contribution is -2.70. The number of amides is 1. The molecule has 27 heavy (non-hydrogen) atoms. The minimum Gasteiger partial charge on any atom is -0.466 e. The Labute approximate surface area is 176 Å². The number of carbonyl (C=O) groups is 1. The Kier molecular flexibility index (Phi) is 4.63. The molecule has 2 bridgehead atoms. The number of halogens is 3. The maximum atomic E-state index is 13.1. The molecule has 3 N–H and O–H groups in total. The van der Waals surface area contributed by atoms with E-state index in [9.17, 15) is 4.79 Å². The minimum absolute atomic E-state index is 0.242. The Bertz CT molecular complexity index is 954. The number of thiocarbonyl (C=S) groups is 1. The molecule has 2 aromatic rings. The van der Waals surface area contributed by atoms with Crippen LogP contribution in [0.5, 0.6) is 5.75 Å². The molecule has 2 aromatic carbocycles. The molecule has 5 nitrogen and oxygen atoms in total. The van der Waals surface area contributed by atoms with Crippen molar-refractivity contribution in [3.8, 4) is 5.75 Å². The summed E-state index contributed by atoms with van der Waals surface area (Å²) >= 11 is 23.7. The standard InChI is InChI=1S/C18H14Cl3N3O2S/c1-18-13(16(25)22-10-4-2-8(19)3-5-10)14(23-17(27)24-18)11-6-9(20)7-12(21)15(11)26-18/h2-7,13-14H,1H3,(H,22,25)(H2,23,24,27)/t13-,14+,18-/m1/s1. The predicted molar refractivity (Wildman–Crippen MR) is 111 cm³/mol. The lowest BCUT2D eigenvalue weighted by Gasteiger charge is -2.50. The van der Waals surface area contributed by atoms with Crippen LogP contribution in [0, 0.1) is 5.92 Å². The zero-order valence-corrected chi connectivity index (χ0v) is 17.1. The van der Waals surface area contributed by atoms with Crippen LogP contribution in [0.4, 0.5) is 5.69 Å². The molecule has 1 saturated heterocycles. The molecular formula is C18H14Cl3N3O2S. The van der Waals surface area contributed by atoms with E-state index in [-0.39, 0.29) is 5.91 Å².